The molecule has 0 saturated heterocycles. The number of thiol groups is 8. The lowest BCUT2D eigenvalue weighted by Crippen LogP contribution is -2.27. The van der Waals surface area contributed by atoms with E-state index in [0.717, 1.165) is 89.3 Å². The summed E-state index contributed by atoms with van der Waals surface area (Å²) >= 11 is 36.3. The summed E-state index contributed by atoms with van der Waals surface area (Å²) in [5.41, 5.74) is 13.0. The zero-order chi connectivity index (χ0) is 37.6. The van der Waals surface area contributed by atoms with Gasteiger partial charge in [-0.05, 0) is 124 Å². The smallest absolute Gasteiger partial charge is 0.0199 e. The summed E-state index contributed by atoms with van der Waals surface area (Å²) in [4.78, 5) is 2.18. The third-order valence-electron chi connectivity index (χ3n) is 10.3. The van der Waals surface area contributed by atoms with Crippen molar-refractivity contribution in [1.29, 1.82) is 0 Å². The van der Waals surface area contributed by atoms with Crippen molar-refractivity contribution in [2.45, 2.75) is 116 Å². The first-order valence-electron chi connectivity index (χ1n) is 18.0. The molecule has 0 nitrogen and oxygen atoms in total. The fraction of sp³-hybridized carbons (Fsp3) is 0.442. The lowest BCUT2D eigenvalue weighted by molar-refractivity contribution is 0.516. The maximum absolute atomic E-state index is 4.91. The molecule has 0 saturated carbocycles. The minimum absolute atomic E-state index is 0.0698. The van der Waals surface area contributed by atoms with Crippen molar-refractivity contribution in [2.75, 3.05) is 11.5 Å². The van der Waals surface area contributed by atoms with Gasteiger partial charge in [0.2, 0.25) is 0 Å². The van der Waals surface area contributed by atoms with E-state index in [-0.39, 0.29) is 10.8 Å². The van der Waals surface area contributed by atoms with Crippen LogP contribution in [0.4, 0.5) is 0 Å². The molecule has 0 heterocycles. The largest absolute Gasteiger partial charge is 0.179 e. The van der Waals surface area contributed by atoms with Crippen LogP contribution in [0.2, 0.25) is 0 Å². The molecule has 4 rings (SSSR count). The predicted molar refractivity (Wildman–Crippen MR) is 253 cm³/mol. The fourth-order valence-electron chi connectivity index (χ4n) is 7.00. The van der Waals surface area contributed by atoms with Gasteiger partial charge in [0.1, 0.15) is 0 Å². The van der Waals surface area contributed by atoms with Gasteiger partial charge in [0.05, 0.1) is 0 Å². The standard InChI is InChI=1S/C24H34S4.C19H24S4/c1-3-24(2,22-18(10-4-6-16-25)12-8-14-20(22)27)23-19(11-5-7-17-26)13-9-15-21(23)28;1-19(2,17-5-3-13(9-20)15(7-17)11-22)18-6-4-14(10-21)16(8-18)12-23/h8-9,12-15,25-28H,3-7,10-11,16-17H2,1-2H3;3-8,20-23H,9-12H2,1-2H3. The first kappa shape index (κ1) is 45.1. The molecule has 8 heteroatoms. The number of unbranched alkanes of at least 4 members (excludes halogenated alkanes) is 2. The Bertz CT molecular complexity index is 1560. The molecule has 0 bridgehead atoms. The summed E-state index contributed by atoms with van der Waals surface area (Å²) in [5.74, 6) is 4.85. The van der Waals surface area contributed by atoms with Crippen LogP contribution in [0.3, 0.4) is 0 Å². The van der Waals surface area contributed by atoms with Gasteiger partial charge in [0.15, 0.2) is 0 Å². The molecule has 0 aromatic heterocycles. The van der Waals surface area contributed by atoms with E-state index in [1.54, 1.807) is 0 Å². The van der Waals surface area contributed by atoms with Gasteiger partial charge >= 0.3 is 0 Å². The molecule has 0 N–H and O–H groups in total. The molecule has 4 aromatic rings. The Labute approximate surface area is 354 Å². The van der Waals surface area contributed by atoms with Crippen molar-refractivity contribution >= 4 is 101 Å². The lowest BCUT2D eigenvalue weighted by Gasteiger charge is -2.36. The van der Waals surface area contributed by atoms with Crippen molar-refractivity contribution < 1.29 is 0 Å². The Hall–Kier alpha value is -0.320. The van der Waals surface area contributed by atoms with Crippen LogP contribution in [-0.2, 0) is 46.7 Å². The number of hydrogen-bond acceptors (Lipinski definition) is 8. The zero-order valence-electron chi connectivity index (χ0n) is 30.7. The Morgan fingerprint density at radius 1 is 0.471 bits per heavy atom. The van der Waals surface area contributed by atoms with E-state index >= 15 is 0 Å². The molecule has 0 unspecified atom stereocenters. The van der Waals surface area contributed by atoms with Crippen LogP contribution in [0.25, 0.3) is 0 Å². The summed E-state index contributed by atoms with van der Waals surface area (Å²) in [5, 5.41) is 0. The highest BCUT2D eigenvalue weighted by Gasteiger charge is 2.34. The second kappa shape index (κ2) is 22.3. The molecular weight excluding hydrogens is 773 g/mol. The van der Waals surface area contributed by atoms with E-state index in [2.05, 4.69) is 176 Å². The van der Waals surface area contributed by atoms with E-state index in [1.807, 2.05) is 0 Å². The Morgan fingerprint density at radius 3 is 1.20 bits per heavy atom. The van der Waals surface area contributed by atoms with Gasteiger partial charge in [-0.1, -0.05) is 88.4 Å². The second-order valence-corrected chi connectivity index (χ2v) is 17.0. The van der Waals surface area contributed by atoms with Crippen LogP contribution >= 0.6 is 101 Å². The molecular formula is C43H58S8. The maximum Gasteiger partial charge on any atom is 0.0199 e. The summed E-state index contributed by atoms with van der Waals surface area (Å²) < 4.78 is 0. The van der Waals surface area contributed by atoms with Crippen LogP contribution in [0.5, 0.6) is 0 Å². The quantitative estimate of drug-likeness (QED) is 0.0377. The van der Waals surface area contributed by atoms with Crippen LogP contribution in [0.15, 0.2) is 82.6 Å². The minimum atomic E-state index is -0.108. The van der Waals surface area contributed by atoms with Crippen LogP contribution < -0.4 is 0 Å². The van der Waals surface area contributed by atoms with Crippen molar-refractivity contribution in [2.24, 2.45) is 0 Å². The lowest BCUT2D eigenvalue weighted by atomic mass is 9.70. The van der Waals surface area contributed by atoms with Crippen molar-refractivity contribution in [1.82, 2.24) is 0 Å². The van der Waals surface area contributed by atoms with Gasteiger partial charge in [-0.15, -0.1) is 25.3 Å². The predicted octanol–water partition coefficient (Wildman–Crippen LogP) is 13.2. The SMILES string of the molecule is CC(C)(c1ccc(CS)c(CS)c1)c1ccc(CS)c(CS)c1.CCC(C)(c1c(S)cccc1CCCCS)c1c(S)cccc1CCCCS. The highest BCUT2D eigenvalue weighted by molar-refractivity contribution is 7.81. The van der Waals surface area contributed by atoms with E-state index in [4.69, 9.17) is 25.3 Å². The number of aryl methyl sites for hydroxylation is 2. The summed E-state index contributed by atoms with van der Waals surface area (Å²) in [7, 11) is 0. The fourth-order valence-corrected chi connectivity index (χ4v) is 9.60. The summed E-state index contributed by atoms with van der Waals surface area (Å²) in [6.07, 6.45) is 7.75. The van der Waals surface area contributed by atoms with Crippen molar-refractivity contribution in [3.05, 3.63) is 128 Å². The van der Waals surface area contributed by atoms with Gasteiger partial charge in [0.25, 0.3) is 0 Å². The molecule has 0 spiro atoms. The molecule has 51 heavy (non-hydrogen) atoms. The van der Waals surface area contributed by atoms with Gasteiger partial charge in [0, 0.05) is 43.6 Å². The number of benzene rings is 4. The van der Waals surface area contributed by atoms with Crippen molar-refractivity contribution in [3.63, 3.8) is 0 Å². The molecule has 0 radical (unpaired) electrons. The first-order chi connectivity index (χ1) is 24.5. The first-order valence-corrected chi connectivity index (χ1v) is 22.7. The maximum atomic E-state index is 4.91. The van der Waals surface area contributed by atoms with Crippen LogP contribution in [0.1, 0.15) is 115 Å². The Kier molecular flexibility index (Phi) is 19.7. The van der Waals surface area contributed by atoms with E-state index in [1.165, 1.54) is 55.6 Å². The normalized spacial score (nSPS) is 11.8. The van der Waals surface area contributed by atoms with Crippen LogP contribution in [-0.4, -0.2) is 11.5 Å². The average Bonchev–Trinajstić information content (AvgIpc) is 3.14. The molecule has 0 atom stereocenters. The number of hydrogen-bond donors (Lipinski definition) is 8. The van der Waals surface area contributed by atoms with Gasteiger partial charge in [-0.25, -0.2) is 0 Å². The highest BCUT2D eigenvalue weighted by atomic mass is 32.1. The minimum Gasteiger partial charge on any atom is -0.179 e. The van der Waals surface area contributed by atoms with E-state index in [9.17, 15) is 0 Å². The van der Waals surface area contributed by atoms with Gasteiger partial charge < -0.3 is 0 Å². The molecule has 0 amide bonds. The van der Waals surface area contributed by atoms with E-state index < -0.39 is 0 Å². The highest BCUT2D eigenvalue weighted by Crippen LogP contribution is 2.45. The Balaban J connectivity index is 0.000000281. The average molecular weight is 831 g/mol. The number of rotatable bonds is 17. The molecule has 0 aliphatic heterocycles. The third-order valence-corrected chi connectivity index (χ3v) is 13.1. The molecule has 0 fully saturated rings. The van der Waals surface area contributed by atoms with Gasteiger partial charge in [-0.2, -0.15) is 75.8 Å². The Morgan fingerprint density at radius 2 is 0.863 bits per heavy atom. The zero-order valence-corrected chi connectivity index (χ0v) is 37.9. The molecule has 0 aliphatic rings. The third kappa shape index (κ3) is 11.6. The molecule has 0 aliphatic carbocycles. The topological polar surface area (TPSA) is 0 Å². The van der Waals surface area contributed by atoms with E-state index in [0.29, 0.717) is 0 Å². The summed E-state index contributed by atoms with van der Waals surface area (Å²) in [6.45, 7) is 9.20. The van der Waals surface area contributed by atoms with Crippen molar-refractivity contribution in [3.8, 4) is 0 Å². The molecule has 4 aromatic carbocycles. The molecule has 278 valence electrons. The van der Waals surface area contributed by atoms with Crippen LogP contribution in [0, 0.1) is 0 Å². The van der Waals surface area contributed by atoms with Gasteiger partial charge in [-0.3, -0.25) is 0 Å². The summed E-state index contributed by atoms with van der Waals surface area (Å²) in [6, 6.07) is 26.4. The monoisotopic (exact) mass is 830 g/mol. The second-order valence-electron chi connectivity index (χ2n) is 13.9.